The summed E-state index contributed by atoms with van der Waals surface area (Å²) in [5.41, 5.74) is 2.53. The maximum Gasteiger partial charge on any atom is 0.295 e. The van der Waals surface area contributed by atoms with Gasteiger partial charge in [-0.05, 0) is 28.7 Å². The molecule has 2 aromatic rings. The number of aliphatic hydroxyl groups is 1. The first-order valence-electron chi connectivity index (χ1n) is 11.4. The van der Waals surface area contributed by atoms with Crippen molar-refractivity contribution in [3.8, 4) is 0 Å². The molecule has 4 rings (SSSR count). The molecule has 1 N–H and O–H groups in total. The average Bonchev–Trinajstić information content (AvgIpc) is 3.08. The number of morpholine rings is 1. The number of nitrogens with zero attached hydrogens (tertiary/aromatic N) is 3. The van der Waals surface area contributed by atoms with Crippen molar-refractivity contribution in [3.05, 3.63) is 71.1 Å². The van der Waals surface area contributed by atoms with E-state index in [9.17, 15) is 14.7 Å². The molecule has 0 bridgehead atoms. The minimum absolute atomic E-state index is 0.0201. The van der Waals surface area contributed by atoms with E-state index in [1.165, 1.54) is 0 Å². The second-order valence-electron chi connectivity index (χ2n) is 9.55. The number of ketones is 1. The molecule has 0 saturated carbocycles. The highest BCUT2D eigenvalue weighted by Crippen LogP contribution is 2.39. The molecule has 1 amide bonds. The smallest absolute Gasteiger partial charge is 0.295 e. The molecule has 7 heteroatoms. The molecule has 1 unspecified atom stereocenters. The van der Waals surface area contributed by atoms with Crippen LogP contribution in [-0.4, -0.2) is 71.0 Å². The van der Waals surface area contributed by atoms with E-state index < -0.39 is 17.7 Å². The molecule has 7 nitrogen and oxygen atoms in total. The molecule has 1 aromatic carbocycles. The van der Waals surface area contributed by atoms with E-state index in [1.54, 1.807) is 29.4 Å². The molecule has 2 aliphatic rings. The van der Waals surface area contributed by atoms with Crippen LogP contribution in [0.5, 0.6) is 0 Å². The number of carbonyl (C=O) groups is 2. The van der Waals surface area contributed by atoms with Crippen LogP contribution in [0.1, 0.15) is 43.5 Å². The molecule has 2 aliphatic heterocycles. The standard InChI is InChI=1S/C26H31N3O4/c1-26(2,3)20-6-4-18(5-7-20)22-21(23(30)19-8-10-27-11-9-19)24(31)25(32)29(22)13-12-28-14-16-33-17-15-28/h4-11,22,30H,12-17H2,1-3H3/b23-21+. The summed E-state index contributed by atoms with van der Waals surface area (Å²) in [5, 5.41) is 11.1. The Hall–Kier alpha value is -3.03. The third-order valence-electron chi connectivity index (χ3n) is 6.35. The van der Waals surface area contributed by atoms with Crippen molar-refractivity contribution < 1.29 is 19.4 Å². The number of Topliss-reactive ketones (excluding diaryl/α,β-unsaturated/α-hetero) is 1. The minimum Gasteiger partial charge on any atom is -0.507 e. The van der Waals surface area contributed by atoms with E-state index in [0.717, 1.165) is 24.2 Å². The number of rotatable bonds is 5. The summed E-state index contributed by atoms with van der Waals surface area (Å²) in [6, 6.07) is 10.6. The third kappa shape index (κ3) is 4.84. The number of ether oxygens (including phenoxy) is 1. The number of carbonyl (C=O) groups excluding carboxylic acids is 2. The van der Waals surface area contributed by atoms with Crippen molar-refractivity contribution in [2.75, 3.05) is 39.4 Å². The predicted octanol–water partition coefficient (Wildman–Crippen LogP) is 3.13. The van der Waals surface area contributed by atoms with Gasteiger partial charge < -0.3 is 14.7 Å². The minimum atomic E-state index is -0.656. The number of likely N-dealkylation sites (tertiary alicyclic amines) is 1. The number of hydrogen-bond donors (Lipinski definition) is 1. The number of hydrogen-bond acceptors (Lipinski definition) is 6. The number of benzene rings is 1. The van der Waals surface area contributed by atoms with Crippen molar-refractivity contribution in [2.24, 2.45) is 0 Å². The molecule has 1 aromatic heterocycles. The van der Waals surface area contributed by atoms with Gasteiger partial charge in [-0.25, -0.2) is 0 Å². The second-order valence-corrected chi connectivity index (χ2v) is 9.55. The largest absolute Gasteiger partial charge is 0.507 e. The van der Waals surface area contributed by atoms with Crippen LogP contribution in [0.15, 0.2) is 54.4 Å². The highest BCUT2D eigenvalue weighted by atomic mass is 16.5. The zero-order chi connectivity index (χ0) is 23.6. The van der Waals surface area contributed by atoms with Gasteiger partial charge in [0.2, 0.25) is 0 Å². The molecular weight excluding hydrogens is 418 g/mol. The van der Waals surface area contributed by atoms with Crippen molar-refractivity contribution in [2.45, 2.75) is 32.2 Å². The van der Waals surface area contributed by atoms with Gasteiger partial charge >= 0.3 is 0 Å². The van der Waals surface area contributed by atoms with Crippen LogP contribution in [0, 0.1) is 0 Å². The lowest BCUT2D eigenvalue weighted by Gasteiger charge is -2.31. The predicted molar refractivity (Wildman–Crippen MR) is 126 cm³/mol. The van der Waals surface area contributed by atoms with Gasteiger partial charge in [-0.2, -0.15) is 0 Å². The zero-order valence-electron chi connectivity index (χ0n) is 19.5. The second kappa shape index (κ2) is 9.45. The molecule has 2 saturated heterocycles. The Labute approximate surface area is 194 Å². The van der Waals surface area contributed by atoms with Crippen molar-refractivity contribution in [1.29, 1.82) is 0 Å². The summed E-state index contributed by atoms with van der Waals surface area (Å²) in [7, 11) is 0. The summed E-state index contributed by atoms with van der Waals surface area (Å²) in [6.07, 6.45) is 3.10. The van der Waals surface area contributed by atoms with Crippen LogP contribution >= 0.6 is 0 Å². The summed E-state index contributed by atoms with van der Waals surface area (Å²) >= 11 is 0. The van der Waals surface area contributed by atoms with E-state index in [4.69, 9.17) is 4.74 Å². The van der Waals surface area contributed by atoms with Crippen LogP contribution in [-0.2, 0) is 19.7 Å². The quantitative estimate of drug-likeness (QED) is 0.429. The van der Waals surface area contributed by atoms with E-state index >= 15 is 0 Å². The van der Waals surface area contributed by atoms with Gasteiger partial charge in [0.15, 0.2) is 0 Å². The fourth-order valence-corrected chi connectivity index (χ4v) is 4.36. The molecule has 0 aliphatic carbocycles. The normalized spacial score (nSPS) is 21.5. The average molecular weight is 450 g/mol. The Bertz CT molecular complexity index is 1040. The van der Waals surface area contributed by atoms with Gasteiger partial charge in [0.1, 0.15) is 5.76 Å². The lowest BCUT2D eigenvalue weighted by Crippen LogP contribution is -2.42. The van der Waals surface area contributed by atoms with Gasteiger partial charge in [-0.3, -0.25) is 19.5 Å². The van der Waals surface area contributed by atoms with E-state index in [0.29, 0.717) is 31.9 Å². The highest BCUT2D eigenvalue weighted by molar-refractivity contribution is 6.46. The van der Waals surface area contributed by atoms with E-state index in [1.807, 2.05) is 24.3 Å². The lowest BCUT2D eigenvalue weighted by atomic mass is 9.85. The first kappa shape index (κ1) is 23.1. The summed E-state index contributed by atoms with van der Waals surface area (Å²) < 4.78 is 5.41. The first-order valence-corrected chi connectivity index (χ1v) is 11.4. The topological polar surface area (TPSA) is 83.0 Å². The summed E-state index contributed by atoms with van der Waals surface area (Å²) in [6.45, 7) is 10.4. The summed E-state index contributed by atoms with van der Waals surface area (Å²) in [5.74, 6) is -1.41. The molecule has 0 spiro atoms. The van der Waals surface area contributed by atoms with E-state index in [-0.39, 0.29) is 16.7 Å². The zero-order valence-corrected chi connectivity index (χ0v) is 19.5. The van der Waals surface area contributed by atoms with Gasteiger partial charge in [-0.15, -0.1) is 0 Å². The molecular formula is C26H31N3O4. The number of pyridine rings is 1. The Kier molecular flexibility index (Phi) is 6.63. The van der Waals surface area contributed by atoms with Crippen molar-refractivity contribution in [3.63, 3.8) is 0 Å². The fraction of sp³-hybridized carbons (Fsp3) is 0.423. The molecule has 0 radical (unpaired) electrons. The van der Waals surface area contributed by atoms with Gasteiger partial charge in [0.05, 0.1) is 24.8 Å². The lowest BCUT2D eigenvalue weighted by molar-refractivity contribution is -0.140. The molecule has 33 heavy (non-hydrogen) atoms. The van der Waals surface area contributed by atoms with Gasteiger partial charge in [0.25, 0.3) is 11.7 Å². The Morgan fingerprint density at radius 1 is 1.03 bits per heavy atom. The number of amides is 1. The van der Waals surface area contributed by atoms with Crippen LogP contribution in [0.2, 0.25) is 0 Å². The van der Waals surface area contributed by atoms with Gasteiger partial charge in [-0.1, -0.05) is 45.0 Å². The monoisotopic (exact) mass is 449 g/mol. The SMILES string of the molecule is CC(C)(C)c1ccc(C2/C(=C(\O)c3ccncc3)C(=O)C(=O)N2CCN2CCOCC2)cc1. The van der Waals surface area contributed by atoms with Crippen molar-refractivity contribution >= 4 is 17.4 Å². The molecule has 174 valence electrons. The Balaban J connectivity index is 1.73. The van der Waals surface area contributed by atoms with E-state index in [2.05, 4.69) is 30.7 Å². The van der Waals surface area contributed by atoms with Gasteiger partial charge in [0, 0.05) is 44.1 Å². The van der Waals surface area contributed by atoms with Crippen LogP contribution in [0.3, 0.4) is 0 Å². The van der Waals surface area contributed by atoms with Crippen LogP contribution in [0.25, 0.3) is 5.76 Å². The number of aliphatic hydroxyl groups excluding tert-OH is 1. The third-order valence-corrected chi connectivity index (χ3v) is 6.35. The molecule has 3 heterocycles. The molecule has 1 atom stereocenters. The maximum absolute atomic E-state index is 13.1. The fourth-order valence-electron chi connectivity index (χ4n) is 4.36. The highest BCUT2D eigenvalue weighted by Gasteiger charge is 2.46. The van der Waals surface area contributed by atoms with Crippen LogP contribution in [0.4, 0.5) is 0 Å². The maximum atomic E-state index is 13.1. The molecule has 2 fully saturated rings. The summed E-state index contributed by atoms with van der Waals surface area (Å²) in [4.78, 5) is 34.0. The Morgan fingerprint density at radius 3 is 2.27 bits per heavy atom. The van der Waals surface area contributed by atoms with Crippen LogP contribution < -0.4 is 0 Å². The number of aromatic nitrogens is 1. The Morgan fingerprint density at radius 2 is 1.67 bits per heavy atom. The first-order chi connectivity index (χ1) is 15.8. The van der Waals surface area contributed by atoms with Crippen molar-refractivity contribution in [1.82, 2.24) is 14.8 Å².